The molecule has 7 heteroatoms. The highest BCUT2D eigenvalue weighted by molar-refractivity contribution is 14.0. The molecular weight excluding hydrogens is 455 g/mol. The second-order valence-electron chi connectivity index (χ2n) is 6.28. The van der Waals surface area contributed by atoms with Gasteiger partial charge in [0.15, 0.2) is 5.96 Å². The van der Waals surface area contributed by atoms with Gasteiger partial charge in [0.1, 0.15) is 11.5 Å². The summed E-state index contributed by atoms with van der Waals surface area (Å²) in [5, 5.41) is 6.01. The molecule has 0 aromatic heterocycles. The Labute approximate surface area is 176 Å². The van der Waals surface area contributed by atoms with E-state index in [4.69, 9.17) is 10.5 Å². The van der Waals surface area contributed by atoms with E-state index in [9.17, 15) is 4.79 Å². The highest BCUT2D eigenvalue weighted by Gasteiger charge is 2.22. The van der Waals surface area contributed by atoms with Crippen LogP contribution >= 0.6 is 24.0 Å². The number of ether oxygens (including phenoxy) is 1. The van der Waals surface area contributed by atoms with Crippen LogP contribution in [0.1, 0.15) is 25.7 Å². The van der Waals surface area contributed by atoms with Crippen molar-refractivity contribution in [1.82, 2.24) is 5.32 Å². The molecule has 1 fully saturated rings. The lowest BCUT2D eigenvalue weighted by molar-refractivity contribution is -0.121. The zero-order chi connectivity index (χ0) is 18.2. The number of nitrogens with two attached hydrogens (primary N) is 1. The Morgan fingerprint density at radius 3 is 2.59 bits per heavy atom. The van der Waals surface area contributed by atoms with Crippen molar-refractivity contribution in [3.05, 3.63) is 54.6 Å². The van der Waals surface area contributed by atoms with Crippen LogP contribution in [-0.2, 0) is 4.79 Å². The van der Waals surface area contributed by atoms with Gasteiger partial charge < -0.3 is 21.1 Å². The van der Waals surface area contributed by atoms with Gasteiger partial charge in [0.2, 0.25) is 5.91 Å². The van der Waals surface area contributed by atoms with Gasteiger partial charge in [-0.3, -0.25) is 9.79 Å². The monoisotopic (exact) mass is 480 g/mol. The SMILES string of the molecule is I.NC(=NCCCC(=O)NC1CC1)Nc1cccc(Oc2ccccc2)c1. The molecule has 0 heterocycles. The summed E-state index contributed by atoms with van der Waals surface area (Å²) in [6.07, 6.45) is 3.37. The summed E-state index contributed by atoms with van der Waals surface area (Å²) in [6, 6.07) is 17.5. The van der Waals surface area contributed by atoms with E-state index in [-0.39, 0.29) is 29.9 Å². The number of amides is 1. The number of hydrogen-bond acceptors (Lipinski definition) is 3. The zero-order valence-corrected chi connectivity index (χ0v) is 17.4. The second kappa shape index (κ2) is 10.8. The molecule has 6 nitrogen and oxygen atoms in total. The minimum atomic E-state index is 0. The van der Waals surface area contributed by atoms with Gasteiger partial charge in [-0.15, -0.1) is 24.0 Å². The minimum Gasteiger partial charge on any atom is -0.457 e. The molecule has 2 aromatic rings. The van der Waals surface area contributed by atoms with Crippen LogP contribution in [0.3, 0.4) is 0 Å². The first-order valence-electron chi connectivity index (χ1n) is 8.88. The minimum absolute atomic E-state index is 0. The number of halogens is 1. The first kappa shape index (κ1) is 21.0. The number of nitrogens with zero attached hydrogens (tertiary/aromatic N) is 1. The van der Waals surface area contributed by atoms with Gasteiger partial charge in [0, 0.05) is 30.8 Å². The average molecular weight is 480 g/mol. The standard InChI is InChI=1S/C20H24N4O2.HI/c21-20(22-13-5-10-19(25)23-15-11-12-15)24-16-6-4-9-18(14-16)26-17-7-2-1-3-8-17;/h1-4,6-9,14-15H,5,10-13H2,(H,23,25)(H3,21,22,24);1H. The maximum Gasteiger partial charge on any atom is 0.220 e. The van der Waals surface area contributed by atoms with Gasteiger partial charge in [0.05, 0.1) is 0 Å². The Hall–Kier alpha value is -2.29. The summed E-state index contributed by atoms with van der Waals surface area (Å²) in [4.78, 5) is 15.9. The molecule has 27 heavy (non-hydrogen) atoms. The van der Waals surface area contributed by atoms with Gasteiger partial charge in [-0.25, -0.2) is 0 Å². The van der Waals surface area contributed by atoms with Crippen LogP contribution in [0.15, 0.2) is 59.6 Å². The molecule has 0 radical (unpaired) electrons. The Kier molecular flexibility index (Phi) is 8.38. The molecule has 0 unspecified atom stereocenters. The van der Waals surface area contributed by atoms with E-state index in [0.717, 1.165) is 24.3 Å². The Balaban J connectivity index is 0.00000261. The van der Waals surface area contributed by atoms with Gasteiger partial charge in [-0.1, -0.05) is 24.3 Å². The number of rotatable bonds is 8. The lowest BCUT2D eigenvalue weighted by Crippen LogP contribution is -2.25. The molecule has 1 amide bonds. The van der Waals surface area contributed by atoms with Crippen molar-refractivity contribution in [3.63, 3.8) is 0 Å². The normalized spacial score (nSPS) is 13.4. The molecule has 0 aliphatic heterocycles. The highest BCUT2D eigenvalue weighted by atomic mass is 127. The van der Waals surface area contributed by atoms with Crippen molar-refractivity contribution < 1.29 is 9.53 Å². The Morgan fingerprint density at radius 2 is 1.85 bits per heavy atom. The van der Waals surface area contributed by atoms with Crippen LogP contribution < -0.4 is 21.1 Å². The number of guanidine groups is 1. The molecular formula is C20H25IN4O2. The number of anilines is 1. The van der Waals surface area contributed by atoms with Gasteiger partial charge >= 0.3 is 0 Å². The number of hydrogen-bond donors (Lipinski definition) is 3. The smallest absolute Gasteiger partial charge is 0.220 e. The number of carbonyl (C=O) groups is 1. The fraction of sp³-hybridized carbons (Fsp3) is 0.300. The van der Waals surface area contributed by atoms with Crippen LogP contribution in [0.2, 0.25) is 0 Å². The van der Waals surface area contributed by atoms with Gasteiger partial charge in [-0.2, -0.15) is 0 Å². The molecule has 0 bridgehead atoms. The van der Waals surface area contributed by atoms with E-state index in [0.29, 0.717) is 37.1 Å². The molecule has 1 aliphatic carbocycles. The molecule has 3 rings (SSSR count). The maximum atomic E-state index is 11.6. The number of carbonyl (C=O) groups excluding carboxylic acids is 1. The van der Waals surface area contributed by atoms with E-state index >= 15 is 0 Å². The third-order valence-electron chi connectivity index (χ3n) is 3.87. The number of aliphatic imine (C=N–C) groups is 1. The van der Waals surface area contributed by atoms with E-state index < -0.39 is 0 Å². The predicted molar refractivity (Wildman–Crippen MR) is 119 cm³/mol. The molecule has 1 saturated carbocycles. The van der Waals surface area contributed by atoms with E-state index in [2.05, 4.69) is 15.6 Å². The third kappa shape index (κ3) is 7.86. The Morgan fingerprint density at radius 1 is 1.11 bits per heavy atom. The quantitative estimate of drug-likeness (QED) is 0.232. The van der Waals surface area contributed by atoms with Crippen molar-refractivity contribution in [2.45, 2.75) is 31.7 Å². The summed E-state index contributed by atoms with van der Waals surface area (Å²) in [6.45, 7) is 0.511. The van der Waals surface area contributed by atoms with E-state index in [1.54, 1.807) is 0 Å². The highest BCUT2D eigenvalue weighted by Crippen LogP contribution is 2.23. The summed E-state index contributed by atoms with van der Waals surface area (Å²) in [7, 11) is 0. The second-order valence-corrected chi connectivity index (χ2v) is 6.28. The zero-order valence-electron chi connectivity index (χ0n) is 15.1. The molecule has 144 valence electrons. The van der Waals surface area contributed by atoms with Crippen LogP contribution in [0.4, 0.5) is 5.69 Å². The van der Waals surface area contributed by atoms with Crippen molar-refractivity contribution in [1.29, 1.82) is 0 Å². The van der Waals surface area contributed by atoms with Crippen LogP contribution in [0, 0.1) is 0 Å². The van der Waals surface area contributed by atoms with E-state index in [1.165, 1.54) is 0 Å². The summed E-state index contributed by atoms with van der Waals surface area (Å²) in [5.74, 6) is 1.91. The first-order valence-corrected chi connectivity index (χ1v) is 8.88. The van der Waals surface area contributed by atoms with E-state index in [1.807, 2.05) is 54.6 Å². The molecule has 4 N–H and O–H groups in total. The first-order chi connectivity index (χ1) is 12.7. The van der Waals surface area contributed by atoms with Crippen molar-refractivity contribution >= 4 is 41.5 Å². The lowest BCUT2D eigenvalue weighted by atomic mass is 10.3. The van der Waals surface area contributed by atoms with Crippen LogP contribution in [0.5, 0.6) is 11.5 Å². The number of para-hydroxylation sites is 1. The maximum absolute atomic E-state index is 11.6. The van der Waals surface area contributed by atoms with Crippen LogP contribution in [-0.4, -0.2) is 24.5 Å². The van der Waals surface area contributed by atoms with Crippen molar-refractivity contribution in [2.75, 3.05) is 11.9 Å². The molecule has 0 atom stereocenters. The summed E-state index contributed by atoms with van der Waals surface area (Å²) >= 11 is 0. The van der Waals surface area contributed by atoms with Crippen LogP contribution in [0.25, 0.3) is 0 Å². The average Bonchev–Trinajstić information content (AvgIpc) is 3.44. The molecule has 1 aliphatic rings. The number of benzene rings is 2. The van der Waals surface area contributed by atoms with Gasteiger partial charge in [-0.05, 0) is 43.5 Å². The molecule has 0 saturated heterocycles. The number of nitrogens with one attached hydrogen (secondary N) is 2. The molecule has 0 spiro atoms. The fourth-order valence-electron chi connectivity index (χ4n) is 2.42. The fourth-order valence-corrected chi connectivity index (χ4v) is 2.42. The largest absolute Gasteiger partial charge is 0.457 e. The van der Waals surface area contributed by atoms with Crippen molar-refractivity contribution in [2.24, 2.45) is 10.7 Å². The lowest BCUT2D eigenvalue weighted by Gasteiger charge is -2.09. The van der Waals surface area contributed by atoms with Crippen molar-refractivity contribution in [3.8, 4) is 11.5 Å². The Bertz CT molecular complexity index is 764. The molecule has 2 aromatic carbocycles. The van der Waals surface area contributed by atoms with Gasteiger partial charge in [0.25, 0.3) is 0 Å². The topological polar surface area (TPSA) is 88.7 Å². The summed E-state index contributed by atoms with van der Waals surface area (Å²) in [5.41, 5.74) is 6.71. The summed E-state index contributed by atoms with van der Waals surface area (Å²) < 4.78 is 5.80. The predicted octanol–water partition coefficient (Wildman–Crippen LogP) is 3.88. The third-order valence-corrected chi connectivity index (χ3v) is 3.87.